The van der Waals surface area contributed by atoms with Crippen LogP contribution < -0.4 is 0 Å². The Balaban J connectivity index is 2.30. The van der Waals surface area contributed by atoms with Crippen molar-refractivity contribution in [1.82, 2.24) is 0 Å². The predicted molar refractivity (Wildman–Crippen MR) is 84.0 cm³/mol. The zero-order valence-corrected chi connectivity index (χ0v) is 12.3. The third kappa shape index (κ3) is 2.09. The maximum atomic E-state index is 11.1. The van der Waals surface area contributed by atoms with E-state index >= 15 is 0 Å². The Labute approximate surface area is 125 Å². The van der Waals surface area contributed by atoms with Gasteiger partial charge in [-0.2, -0.15) is 0 Å². The van der Waals surface area contributed by atoms with E-state index in [-0.39, 0.29) is 0 Å². The summed E-state index contributed by atoms with van der Waals surface area (Å²) in [5, 5.41) is 11.8. The van der Waals surface area contributed by atoms with E-state index in [0.717, 1.165) is 26.8 Å². The summed E-state index contributed by atoms with van der Waals surface area (Å²) in [6, 6.07) is 13.4. The molecule has 0 amide bonds. The van der Waals surface area contributed by atoms with Gasteiger partial charge in [-0.15, -0.1) is 11.3 Å². The van der Waals surface area contributed by atoms with E-state index in [0.29, 0.717) is 9.90 Å². The average molecular weight is 303 g/mol. The normalized spacial score (nSPS) is 10.9. The molecule has 3 aromatic rings. The van der Waals surface area contributed by atoms with E-state index in [2.05, 4.69) is 0 Å². The van der Waals surface area contributed by atoms with Gasteiger partial charge in [0.25, 0.3) is 0 Å². The van der Waals surface area contributed by atoms with E-state index < -0.39 is 5.97 Å². The number of aryl methyl sites for hydroxylation is 1. The fourth-order valence-electron chi connectivity index (χ4n) is 2.32. The molecule has 100 valence electrons. The fourth-order valence-corrected chi connectivity index (χ4v) is 3.59. The molecule has 0 aliphatic heterocycles. The summed E-state index contributed by atoms with van der Waals surface area (Å²) in [6.45, 7) is 1.93. The molecule has 1 aromatic heterocycles. The van der Waals surface area contributed by atoms with Gasteiger partial charge in [-0.1, -0.05) is 41.9 Å². The van der Waals surface area contributed by atoms with Crippen molar-refractivity contribution >= 4 is 39.7 Å². The molecule has 1 heterocycles. The summed E-state index contributed by atoms with van der Waals surface area (Å²) in [5.41, 5.74) is 2.00. The van der Waals surface area contributed by atoms with Crippen molar-refractivity contribution in [2.75, 3.05) is 0 Å². The second-order valence-electron chi connectivity index (χ2n) is 4.57. The molecular formula is C16H11ClO2S. The number of carboxylic acid groups (broad SMARTS) is 1. The minimum absolute atomic E-state index is 0.358. The molecule has 2 aromatic carbocycles. The first-order chi connectivity index (χ1) is 9.58. The topological polar surface area (TPSA) is 37.3 Å². The Morgan fingerprint density at radius 2 is 1.85 bits per heavy atom. The summed E-state index contributed by atoms with van der Waals surface area (Å²) in [5.74, 6) is -0.886. The average Bonchev–Trinajstić information content (AvgIpc) is 2.82. The first-order valence-corrected chi connectivity index (χ1v) is 7.28. The lowest BCUT2D eigenvalue weighted by molar-refractivity contribution is 0.0702. The van der Waals surface area contributed by atoms with E-state index in [9.17, 15) is 4.79 Å². The molecule has 1 N–H and O–H groups in total. The van der Waals surface area contributed by atoms with Crippen LogP contribution in [-0.4, -0.2) is 11.1 Å². The first kappa shape index (κ1) is 13.2. The van der Waals surface area contributed by atoms with Crippen LogP contribution >= 0.6 is 22.9 Å². The highest BCUT2D eigenvalue weighted by molar-refractivity contribution is 7.17. The van der Waals surface area contributed by atoms with Crippen LogP contribution in [0, 0.1) is 6.92 Å². The third-order valence-corrected chi connectivity index (χ3v) is 4.83. The molecular weight excluding hydrogens is 292 g/mol. The lowest BCUT2D eigenvalue weighted by Gasteiger charge is -2.07. The molecule has 0 saturated heterocycles. The zero-order chi connectivity index (χ0) is 14.3. The number of carboxylic acids is 1. The van der Waals surface area contributed by atoms with Gasteiger partial charge in [-0.05, 0) is 35.6 Å². The molecule has 0 fully saturated rings. The standard InChI is InChI=1S/C16H11ClO2S/c1-9-8-14(16(18)19)20-15(9)12-6-7-13(17)11-5-3-2-4-10(11)12/h2-8H,1H3,(H,18,19). The van der Waals surface area contributed by atoms with Crippen molar-refractivity contribution in [3.05, 3.63) is 57.9 Å². The molecule has 0 bridgehead atoms. The van der Waals surface area contributed by atoms with Gasteiger partial charge in [0, 0.05) is 15.3 Å². The van der Waals surface area contributed by atoms with Gasteiger partial charge < -0.3 is 5.11 Å². The highest BCUT2D eigenvalue weighted by Crippen LogP contribution is 2.38. The van der Waals surface area contributed by atoms with E-state index in [1.165, 1.54) is 11.3 Å². The summed E-state index contributed by atoms with van der Waals surface area (Å²) in [4.78, 5) is 12.4. The summed E-state index contributed by atoms with van der Waals surface area (Å²) in [7, 11) is 0. The summed E-state index contributed by atoms with van der Waals surface area (Å²) >= 11 is 7.52. The van der Waals surface area contributed by atoms with Crippen LogP contribution in [0.3, 0.4) is 0 Å². The molecule has 0 spiro atoms. The predicted octanol–water partition coefficient (Wildman–Crippen LogP) is 5.23. The van der Waals surface area contributed by atoms with Gasteiger partial charge in [0.05, 0.1) is 0 Å². The molecule has 2 nitrogen and oxygen atoms in total. The molecule has 4 heteroatoms. The quantitative estimate of drug-likeness (QED) is 0.704. The molecule has 0 aliphatic carbocycles. The summed E-state index contributed by atoms with van der Waals surface area (Å²) in [6.07, 6.45) is 0. The lowest BCUT2D eigenvalue weighted by atomic mass is 10.0. The Morgan fingerprint density at radius 1 is 1.15 bits per heavy atom. The van der Waals surface area contributed by atoms with E-state index in [4.69, 9.17) is 16.7 Å². The first-order valence-electron chi connectivity index (χ1n) is 6.09. The number of thiophene rings is 1. The third-order valence-electron chi connectivity index (χ3n) is 3.24. The maximum Gasteiger partial charge on any atom is 0.345 e. The SMILES string of the molecule is Cc1cc(C(=O)O)sc1-c1ccc(Cl)c2ccccc12. The minimum Gasteiger partial charge on any atom is -0.477 e. The lowest BCUT2D eigenvalue weighted by Crippen LogP contribution is -1.89. The molecule has 0 radical (unpaired) electrons. The molecule has 0 atom stereocenters. The Bertz CT molecular complexity index is 820. The van der Waals surface area contributed by atoms with Crippen molar-refractivity contribution in [2.45, 2.75) is 6.92 Å². The number of aromatic carboxylic acids is 1. The molecule has 0 aliphatic rings. The van der Waals surface area contributed by atoms with Crippen molar-refractivity contribution in [3.8, 4) is 10.4 Å². The van der Waals surface area contributed by atoms with Gasteiger partial charge in [0.15, 0.2) is 0 Å². The van der Waals surface area contributed by atoms with Gasteiger partial charge in [-0.25, -0.2) is 4.79 Å². The van der Waals surface area contributed by atoms with Crippen LogP contribution in [0.1, 0.15) is 15.2 Å². The smallest absolute Gasteiger partial charge is 0.345 e. The Kier molecular flexibility index (Phi) is 3.24. The fraction of sp³-hybridized carbons (Fsp3) is 0.0625. The van der Waals surface area contributed by atoms with Crippen LogP contribution in [0.25, 0.3) is 21.2 Å². The second-order valence-corrected chi connectivity index (χ2v) is 6.03. The van der Waals surface area contributed by atoms with Crippen LogP contribution in [0.5, 0.6) is 0 Å². The highest BCUT2D eigenvalue weighted by atomic mass is 35.5. The van der Waals surface area contributed by atoms with Crippen molar-refractivity contribution < 1.29 is 9.90 Å². The van der Waals surface area contributed by atoms with Crippen molar-refractivity contribution in [2.24, 2.45) is 0 Å². The number of benzene rings is 2. The Morgan fingerprint density at radius 3 is 2.50 bits per heavy atom. The van der Waals surface area contributed by atoms with Crippen LogP contribution in [-0.2, 0) is 0 Å². The number of hydrogen-bond donors (Lipinski definition) is 1. The Hall–Kier alpha value is -1.84. The van der Waals surface area contributed by atoms with E-state index in [1.54, 1.807) is 6.07 Å². The molecule has 20 heavy (non-hydrogen) atoms. The molecule has 3 rings (SSSR count). The highest BCUT2D eigenvalue weighted by Gasteiger charge is 2.15. The second kappa shape index (κ2) is 4.93. The number of hydrogen-bond acceptors (Lipinski definition) is 2. The van der Waals surface area contributed by atoms with E-state index in [1.807, 2.05) is 43.3 Å². The van der Waals surface area contributed by atoms with Gasteiger partial charge in [0.2, 0.25) is 0 Å². The van der Waals surface area contributed by atoms with Gasteiger partial charge in [-0.3, -0.25) is 0 Å². The van der Waals surface area contributed by atoms with Crippen LogP contribution in [0.2, 0.25) is 5.02 Å². The number of carbonyl (C=O) groups is 1. The molecule has 0 unspecified atom stereocenters. The number of fused-ring (bicyclic) bond motifs is 1. The van der Waals surface area contributed by atoms with Crippen LogP contribution in [0.4, 0.5) is 0 Å². The van der Waals surface area contributed by atoms with Gasteiger partial charge >= 0.3 is 5.97 Å². The van der Waals surface area contributed by atoms with Crippen molar-refractivity contribution in [1.29, 1.82) is 0 Å². The monoisotopic (exact) mass is 302 g/mol. The number of rotatable bonds is 2. The number of halogens is 1. The van der Waals surface area contributed by atoms with Gasteiger partial charge in [0.1, 0.15) is 4.88 Å². The minimum atomic E-state index is -0.886. The van der Waals surface area contributed by atoms with Crippen molar-refractivity contribution in [3.63, 3.8) is 0 Å². The maximum absolute atomic E-state index is 11.1. The largest absolute Gasteiger partial charge is 0.477 e. The molecule has 0 saturated carbocycles. The summed E-state index contributed by atoms with van der Waals surface area (Å²) < 4.78 is 0. The van der Waals surface area contributed by atoms with Crippen LogP contribution in [0.15, 0.2) is 42.5 Å². The zero-order valence-electron chi connectivity index (χ0n) is 10.7.